The Morgan fingerprint density at radius 2 is 1.73 bits per heavy atom. The van der Waals surface area contributed by atoms with E-state index >= 15 is 0 Å². The normalized spacial score (nSPS) is 16.0. The highest BCUT2D eigenvalue weighted by atomic mass is 35.5. The molecule has 1 fully saturated rings. The second-order valence-electron chi connectivity index (χ2n) is 12.3. The topological polar surface area (TPSA) is 73.7 Å². The van der Waals surface area contributed by atoms with Gasteiger partial charge in [-0.15, -0.1) is 0 Å². The van der Waals surface area contributed by atoms with Gasteiger partial charge in [-0.25, -0.2) is 23.7 Å². The highest BCUT2D eigenvalue weighted by Gasteiger charge is 2.29. The number of hydrogen-bond donors (Lipinski definition) is 1. The number of nitrogens with one attached hydrogen (secondary N) is 1. The fraction of sp³-hybridized carbons (Fsp3) is 0.211. The van der Waals surface area contributed by atoms with Crippen LogP contribution in [0.5, 0.6) is 0 Å². The van der Waals surface area contributed by atoms with Gasteiger partial charge in [0.05, 0.1) is 21.8 Å². The highest BCUT2D eigenvalue weighted by Crippen LogP contribution is 2.42. The minimum atomic E-state index is -0.708. The van der Waals surface area contributed by atoms with Crippen LogP contribution < -0.4 is 10.2 Å². The van der Waals surface area contributed by atoms with Gasteiger partial charge in [0.1, 0.15) is 16.8 Å². The lowest BCUT2D eigenvalue weighted by molar-refractivity contribution is 0.0713. The number of piperidine rings is 1. The number of carbonyl (C=O) groups is 1. The summed E-state index contributed by atoms with van der Waals surface area (Å²) in [6.45, 7) is 3.35. The van der Waals surface area contributed by atoms with E-state index in [-0.39, 0.29) is 28.2 Å². The third kappa shape index (κ3) is 6.48. The number of allylic oxidation sites excluding steroid dienone is 5. The monoisotopic (exact) mass is 696 g/mol. The van der Waals surface area contributed by atoms with E-state index in [0.29, 0.717) is 58.7 Å². The van der Waals surface area contributed by atoms with Crippen LogP contribution >= 0.6 is 23.2 Å². The molecule has 1 aliphatic carbocycles. The van der Waals surface area contributed by atoms with Gasteiger partial charge >= 0.3 is 0 Å². The average Bonchev–Trinajstić information content (AvgIpc) is 3.27. The van der Waals surface area contributed by atoms with Crippen LogP contribution in [0.3, 0.4) is 0 Å². The van der Waals surface area contributed by atoms with Crippen molar-refractivity contribution in [2.45, 2.75) is 32.2 Å². The Kier molecular flexibility index (Phi) is 9.05. The Labute approximate surface area is 293 Å². The number of aliphatic imine (C=N–C) groups is 1. The predicted molar refractivity (Wildman–Crippen MR) is 193 cm³/mol. The average molecular weight is 698 g/mol. The van der Waals surface area contributed by atoms with Gasteiger partial charge in [0.25, 0.3) is 5.91 Å². The standard InChI is InChI=1S/C38H32Cl2F2N6O/c1-22-6-3-4-9-33(22)47(2)25-14-16-48(17-15-25)37(49)28-18-24(11-13-30(28)39)45-38-44-20-23-10-12-26-27(35-31(41)7-5-8-32(35)42)19-34(40)43-21-29(26)36(23)46-38/h3-9,11-13,18-21,25H,10,14-17H2,1-2H3,(H,44,45,46). The fourth-order valence-electron chi connectivity index (χ4n) is 6.69. The molecule has 0 bridgehead atoms. The molecule has 3 heterocycles. The number of fused-ring (bicyclic) bond motifs is 3. The molecule has 49 heavy (non-hydrogen) atoms. The largest absolute Gasteiger partial charge is 0.371 e. The molecule has 3 aliphatic rings. The van der Waals surface area contributed by atoms with Crippen LogP contribution in [-0.4, -0.2) is 52.1 Å². The highest BCUT2D eigenvalue weighted by molar-refractivity contribution is 6.69. The van der Waals surface area contributed by atoms with Gasteiger partial charge in [0.15, 0.2) is 0 Å². The number of carbonyl (C=O) groups excluding carboxylic acids is 1. The number of likely N-dealkylation sites (tertiary alicyclic amines) is 1. The SMILES string of the molecule is Cc1ccccc1N(C)C1CCN(C(=O)c2cc(Nc3ncc4c(n3)C3=CN=C(Cl)C=C(c5c(F)cccc5F)C3=CC4)ccc2Cl)CC1. The molecule has 7 rings (SSSR count). The fourth-order valence-corrected chi connectivity index (χ4v) is 7.04. The number of rotatable bonds is 6. The van der Waals surface area contributed by atoms with E-state index in [4.69, 9.17) is 28.2 Å². The number of aryl methyl sites for hydroxylation is 1. The second kappa shape index (κ2) is 13.6. The summed E-state index contributed by atoms with van der Waals surface area (Å²) in [7, 11) is 2.11. The maximum Gasteiger partial charge on any atom is 0.255 e. The number of aromatic nitrogens is 2. The minimum Gasteiger partial charge on any atom is -0.371 e. The van der Waals surface area contributed by atoms with Crippen LogP contribution in [0.25, 0.3) is 11.1 Å². The van der Waals surface area contributed by atoms with Crippen LogP contribution in [0.1, 0.15) is 45.6 Å². The maximum atomic E-state index is 14.9. The molecule has 0 atom stereocenters. The van der Waals surface area contributed by atoms with Crippen molar-refractivity contribution in [3.8, 4) is 0 Å². The van der Waals surface area contributed by atoms with Crippen LogP contribution in [-0.2, 0) is 6.42 Å². The zero-order chi connectivity index (χ0) is 34.2. The number of anilines is 3. The molecule has 1 saturated heterocycles. The van der Waals surface area contributed by atoms with Crippen molar-refractivity contribution in [2.75, 3.05) is 30.4 Å². The Balaban J connectivity index is 1.10. The van der Waals surface area contributed by atoms with E-state index in [0.717, 1.165) is 18.4 Å². The van der Waals surface area contributed by atoms with Crippen molar-refractivity contribution in [3.63, 3.8) is 0 Å². The third-order valence-electron chi connectivity index (χ3n) is 9.29. The second-order valence-corrected chi connectivity index (χ2v) is 13.1. The first-order chi connectivity index (χ1) is 23.7. The summed E-state index contributed by atoms with van der Waals surface area (Å²) in [5, 5.41) is 3.64. The molecule has 0 saturated carbocycles. The quantitative estimate of drug-likeness (QED) is 0.218. The number of hydrogen-bond acceptors (Lipinski definition) is 6. The summed E-state index contributed by atoms with van der Waals surface area (Å²) in [6, 6.07) is 17.5. The van der Waals surface area contributed by atoms with Gasteiger partial charge in [0, 0.05) is 61.1 Å². The van der Waals surface area contributed by atoms with Crippen molar-refractivity contribution in [3.05, 3.63) is 135 Å². The Morgan fingerprint density at radius 1 is 0.980 bits per heavy atom. The molecular formula is C38H32Cl2F2N6O. The molecular weight excluding hydrogens is 665 g/mol. The van der Waals surface area contributed by atoms with E-state index in [1.165, 1.54) is 35.5 Å². The van der Waals surface area contributed by atoms with Gasteiger partial charge in [-0.2, -0.15) is 0 Å². The van der Waals surface area contributed by atoms with E-state index in [9.17, 15) is 13.6 Å². The van der Waals surface area contributed by atoms with Crippen molar-refractivity contribution in [2.24, 2.45) is 4.99 Å². The lowest BCUT2D eigenvalue weighted by atomic mass is 9.84. The number of para-hydroxylation sites is 1. The van der Waals surface area contributed by atoms with Crippen molar-refractivity contribution >= 4 is 62.7 Å². The lowest BCUT2D eigenvalue weighted by Gasteiger charge is -2.38. The summed E-state index contributed by atoms with van der Waals surface area (Å²) in [4.78, 5) is 31.4. The molecule has 0 spiro atoms. The molecule has 1 amide bonds. The van der Waals surface area contributed by atoms with Crippen LogP contribution in [0.4, 0.5) is 26.1 Å². The zero-order valence-corrected chi connectivity index (χ0v) is 28.4. The summed E-state index contributed by atoms with van der Waals surface area (Å²) in [6.07, 6.45) is 8.70. The van der Waals surface area contributed by atoms with E-state index in [2.05, 4.69) is 46.3 Å². The minimum absolute atomic E-state index is 0.0790. The molecule has 248 valence electrons. The van der Waals surface area contributed by atoms with Crippen LogP contribution in [0.15, 0.2) is 95.8 Å². The first kappa shape index (κ1) is 32.7. The van der Waals surface area contributed by atoms with Crippen LogP contribution in [0.2, 0.25) is 5.02 Å². The van der Waals surface area contributed by atoms with Crippen molar-refractivity contribution in [1.82, 2.24) is 14.9 Å². The van der Waals surface area contributed by atoms with E-state index in [1.807, 2.05) is 23.1 Å². The Bertz CT molecular complexity index is 2080. The predicted octanol–water partition coefficient (Wildman–Crippen LogP) is 8.76. The molecule has 7 nitrogen and oxygen atoms in total. The summed E-state index contributed by atoms with van der Waals surface area (Å²) in [5.41, 5.74) is 5.97. The molecule has 4 aromatic rings. The summed E-state index contributed by atoms with van der Waals surface area (Å²) >= 11 is 12.9. The first-order valence-electron chi connectivity index (χ1n) is 16.0. The number of halogens is 4. The molecule has 1 N–H and O–H groups in total. The molecule has 11 heteroatoms. The third-order valence-corrected chi connectivity index (χ3v) is 9.82. The smallest absolute Gasteiger partial charge is 0.255 e. The molecule has 3 aromatic carbocycles. The Morgan fingerprint density at radius 3 is 2.49 bits per heavy atom. The van der Waals surface area contributed by atoms with Gasteiger partial charge < -0.3 is 15.1 Å². The van der Waals surface area contributed by atoms with Gasteiger partial charge in [-0.3, -0.25) is 4.79 Å². The molecule has 0 unspecified atom stereocenters. The Hall–Kier alpha value is -4.86. The van der Waals surface area contributed by atoms with Gasteiger partial charge in [0.2, 0.25) is 5.95 Å². The van der Waals surface area contributed by atoms with Crippen molar-refractivity contribution in [1.29, 1.82) is 0 Å². The zero-order valence-electron chi connectivity index (χ0n) is 26.9. The van der Waals surface area contributed by atoms with Gasteiger partial charge in [-0.1, -0.05) is 53.5 Å². The molecule has 2 aliphatic heterocycles. The number of amides is 1. The maximum absolute atomic E-state index is 14.9. The van der Waals surface area contributed by atoms with Crippen LogP contribution in [0, 0.1) is 18.6 Å². The summed E-state index contributed by atoms with van der Waals surface area (Å²) in [5.74, 6) is -1.28. The first-order valence-corrected chi connectivity index (χ1v) is 16.7. The van der Waals surface area contributed by atoms with Gasteiger partial charge in [-0.05, 0) is 85.4 Å². The van der Waals surface area contributed by atoms with E-state index < -0.39 is 11.6 Å². The molecule has 1 aromatic heterocycles. The lowest BCUT2D eigenvalue weighted by Crippen LogP contribution is -2.45. The number of nitrogens with zero attached hydrogens (tertiary/aromatic N) is 5. The number of benzene rings is 3. The molecule has 0 radical (unpaired) electrons. The van der Waals surface area contributed by atoms with E-state index in [1.54, 1.807) is 30.6 Å². The van der Waals surface area contributed by atoms with Crippen molar-refractivity contribution < 1.29 is 13.6 Å². The summed E-state index contributed by atoms with van der Waals surface area (Å²) < 4.78 is 29.9.